The largest absolute Gasteiger partial charge is 0.301 e. The first-order valence-corrected chi connectivity index (χ1v) is 2.74. The molecule has 1 aromatic heterocycles. The molecule has 0 aliphatic carbocycles. The van der Waals surface area contributed by atoms with Gasteiger partial charge in [-0.25, -0.2) is 12.1 Å². The van der Waals surface area contributed by atoms with Crippen molar-refractivity contribution in [2.45, 2.75) is 13.3 Å². The number of nitrogens with zero attached hydrogens (tertiary/aromatic N) is 1. The van der Waals surface area contributed by atoms with Gasteiger partial charge >= 0.3 is 0 Å². The molecule has 1 heterocycles. The van der Waals surface area contributed by atoms with Crippen LogP contribution in [0.2, 0.25) is 0 Å². The second-order valence-corrected chi connectivity index (χ2v) is 1.60. The van der Waals surface area contributed by atoms with E-state index < -0.39 is 0 Å². The van der Waals surface area contributed by atoms with Crippen molar-refractivity contribution in [3.05, 3.63) is 30.1 Å². The van der Waals surface area contributed by atoms with Gasteiger partial charge in [-0.3, -0.25) is 0 Å². The standard InChI is InChI=1S/C7H8N.Y/c1-2-7-5-3-4-6-8-7;/h3,5-6H,2H2,1H3;/q-1;. The molecule has 0 spiro atoms. The number of rotatable bonds is 1. The van der Waals surface area contributed by atoms with E-state index in [-0.39, 0.29) is 32.7 Å². The van der Waals surface area contributed by atoms with Crippen molar-refractivity contribution in [2.24, 2.45) is 0 Å². The molecule has 1 nitrogen and oxygen atoms in total. The number of aryl methyl sites for hydroxylation is 1. The summed E-state index contributed by atoms with van der Waals surface area (Å²) in [7, 11) is 0. The fourth-order valence-corrected chi connectivity index (χ4v) is 0.560. The third-order valence-corrected chi connectivity index (χ3v) is 1.04. The Morgan fingerprint density at radius 3 is 2.78 bits per heavy atom. The van der Waals surface area contributed by atoms with Crippen LogP contribution >= 0.6 is 0 Å². The smallest absolute Gasteiger partial charge is 0 e. The van der Waals surface area contributed by atoms with Crippen LogP contribution in [0, 0.1) is 6.07 Å². The zero-order chi connectivity index (χ0) is 5.82. The van der Waals surface area contributed by atoms with Crippen LogP contribution in [0.5, 0.6) is 0 Å². The van der Waals surface area contributed by atoms with Crippen LogP contribution in [0.15, 0.2) is 18.3 Å². The molecule has 0 unspecified atom stereocenters. The van der Waals surface area contributed by atoms with E-state index in [0.29, 0.717) is 0 Å². The molecule has 0 N–H and O–H groups in total. The molecule has 0 aliphatic heterocycles. The molecule has 9 heavy (non-hydrogen) atoms. The van der Waals surface area contributed by atoms with Crippen molar-refractivity contribution >= 4 is 0 Å². The van der Waals surface area contributed by atoms with E-state index >= 15 is 0 Å². The topological polar surface area (TPSA) is 12.9 Å². The summed E-state index contributed by atoms with van der Waals surface area (Å²) in [6.45, 7) is 2.09. The number of hydrogen-bond donors (Lipinski definition) is 0. The average molecular weight is 195 g/mol. The minimum absolute atomic E-state index is 0. The molecule has 2 heteroatoms. The van der Waals surface area contributed by atoms with Gasteiger partial charge in [0.2, 0.25) is 0 Å². The SMILES string of the molecule is CCc1cc[c-]cn1.[Y]. The molecular formula is C7H8NY-. The first kappa shape index (κ1) is 9.25. The Morgan fingerprint density at radius 2 is 2.44 bits per heavy atom. The summed E-state index contributed by atoms with van der Waals surface area (Å²) in [5, 5.41) is 0. The normalized spacial score (nSPS) is 8.11. The Morgan fingerprint density at radius 1 is 1.67 bits per heavy atom. The third kappa shape index (κ3) is 3.07. The molecule has 1 rings (SSSR count). The monoisotopic (exact) mass is 195 g/mol. The van der Waals surface area contributed by atoms with E-state index in [0.717, 1.165) is 12.1 Å². The molecule has 45 valence electrons. The van der Waals surface area contributed by atoms with E-state index in [2.05, 4.69) is 18.0 Å². The molecule has 0 saturated carbocycles. The van der Waals surface area contributed by atoms with E-state index in [1.807, 2.05) is 12.1 Å². The van der Waals surface area contributed by atoms with Gasteiger partial charge in [0, 0.05) is 32.7 Å². The number of aromatic nitrogens is 1. The summed E-state index contributed by atoms with van der Waals surface area (Å²) in [6, 6.07) is 6.71. The quantitative estimate of drug-likeness (QED) is 0.618. The van der Waals surface area contributed by atoms with Gasteiger partial charge in [0.05, 0.1) is 0 Å². The zero-order valence-electron chi connectivity index (χ0n) is 5.46. The van der Waals surface area contributed by atoms with Crippen LogP contribution in [0.4, 0.5) is 0 Å². The maximum atomic E-state index is 4.04. The van der Waals surface area contributed by atoms with Crippen molar-refractivity contribution in [3.8, 4) is 0 Å². The molecule has 1 aromatic rings. The van der Waals surface area contributed by atoms with Gasteiger partial charge in [0.25, 0.3) is 0 Å². The van der Waals surface area contributed by atoms with Crippen LogP contribution in [0.1, 0.15) is 12.6 Å². The zero-order valence-corrected chi connectivity index (χ0v) is 8.30. The minimum atomic E-state index is 0. The summed E-state index contributed by atoms with van der Waals surface area (Å²) < 4.78 is 0. The molecule has 0 bridgehead atoms. The summed E-state index contributed by atoms with van der Waals surface area (Å²) in [6.07, 6.45) is 2.70. The maximum Gasteiger partial charge on any atom is 0 e. The Hall–Kier alpha value is 0.254. The molecule has 1 radical (unpaired) electrons. The van der Waals surface area contributed by atoms with Crippen LogP contribution in [0.3, 0.4) is 0 Å². The summed E-state index contributed by atoms with van der Waals surface area (Å²) in [5.41, 5.74) is 1.13. The van der Waals surface area contributed by atoms with E-state index in [1.54, 1.807) is 6.20 Å². The predicted octanol–water partition coefficient (Wildman–Crippen LogP) is 1.44. The van der Waals surface area contributed by atoms with Crippen LogP contribution < -0.4 is 0 Å². The van der Waals surface area contributed by atoms with Crippen LogP contribution in [-0.4, -0.2) is 4.98 Å². The minimum Gasteiger partial charge on any atom is -0.301 e. The second kappa shape index (κ2) is 5.07. The Bertz CT molecular complexity index is 150. The van der Waals surface area contributed by atoms with E-state index in [9.17, 15) is 0 Å². The van der Waals surface area contributed by atoms with E-state index in [4.69, 9.17) is 0 Å². The number of hydrogen-bond acceptors (Lipinski definition) is 1. The molecule has 0 atom stereocenters. The fraction of sp³-hybridized carbons (Fsp3) is 0.286. The summed E-state index contributed by atoms with van der Waals surface area (Å²) in [5.74, 6) is 0. The van der Waals surface area contributed by atoms with Gasteiger partial charge in [-0.1, -0.05) is 13.1 Å². The first-order chi connectivity index (χ1) is 3.93. The van der Waals surface area contributed by atoms with E-state index in [1.165, 1.54) is 0 Å². The van der Waals surface area contributed by atoms with Gasteiger partial charge in [0.1, 0.15) is 0 Å². The van der Waals surface area contributed by atoms with Gasteiger partial charge in [-0.2, -0.15) is 6.07 Å². The van der Waals surface area contributed by atoms with Crippen molar-refractivity contribution in [1.82, 2.24) is 4.98 Å². The molecule has 0 amide bonds. The second-order valence-electron chi connectivity index (χ2n) is 1.60. The van der Waals surface area contributed by atoms with Crippen molar-refractivity contribution < 1.29 is 32.7 Å². The first-order valence-electron chi connectivity index (χ1n) is 2.74. The molecule has 0 fully saturated rings. The number of pyridine rings is 1. The maximum absolute atomic E-state index is 4.04. The predicted molar refractivity (Wildman–Crippen MR) is 32.5 cm³/mol. The Kier molecular flexibility index (Phi) is 5.21. The van der Waals surface area contributed by atoms with Crippen molar-refractivity contribution in [2.75, 3.05) is 0 Å². The Balaban J connectivity index is 0.000000640. The summed E-state index contributed by atoms with van der Waals surface area (Å²) >= 11 is 0. The van der Waals surface area contributed by atoms with Gasteiger partial charge in [-0.15, -0.1) is 0 Å². The molecular weight excluding hydrogens is 187 g/mol. The third-order valence-electron chi connectivity index (χ3n) is 1.04. The average Bonchev–Trinajstić information content (AvgIpc) is 1.90. The summed E-state index contributed by atoms with van der Waals surface area (Å²) in [4.78, 5) is 4.04. The van der Waals surface area contributed by atoms with Crippen molar-refractivity contribution in [1.29, 1.82) is 0 Å². The molecule has 0 aromatic carbocycles. The molecule has 0 aliphatic rings. The fourth-order valence-electron chi connectivity index (χ4n) is 0.560. The Labute approximate surface area is 80.8 Å². The van der Waals surface area contributed by atoms with Gasteiger partial charge in [0.15, 0.2) is 0 Å². The van der Waals surface area contributed by atoms with Crippen LogP contribution in [0.25, 0.3) is 0 Å². The molecule has 0 saturated heterocycles. The van der Waals surface area contributed by atoms with Gasteiger partial charge < -0.3 is 4.98 Å². The van der Waals surface area contributed by atoms with Crippen molar-refractivity contribution in [3.63, 3.8) is 0 Å². The van der Waals surface area contributed by atoms with Gasteiger partial charge in [-0.05, 0) is 12.1 Å². The van der Waals surface area contributed by atoms with Crippen LogP contribution in [-0.2, 0) is 39.1 Å².